The molecule has 1 aromatic carbocycles. The summed E-state index contributed by atoms with van der Waals surface area (Å²) >= 11 is 0. The molecular formula is C13H17F2N. The number of benzene rings is 1. The fourth-order valence-electron chi connectivity index (χ4n) is 2.62. The molecule has 3 heteroatoms. The summed E-state index contributed by atoms with van der Waals surface area (Å²) in [6.07, 6.45) is -0.0988. The molecule has 16 heavy (non-hydrogen) atoms. The maximum atomic E-state index is 13.6. The lowest BCUT2D eigenvalue weighted by molar-refractivity contribution is 0.0379. The van der Waals surface area contributed by atoms with Gasteiger partial charge < -0.3 is 5.73 Å². The van der Waals surface area contributed by atoms with E-state index in [1.165, 1.54) is 0 Å². The second-order valence-corrected chi connectivity index (χ2v) is 5.16. The normalized spacial score (nSPS) is 27.8. The van der Waals surface area contributed by atoms with Crippen LogP contribution in [-0.2, 0) is 5.41 Å². The predicted molar refractivity (Wildman–Crippen MR) is 60.5 cm³/mol. The van der Waals surface area contributed by atoms with E-state index in [9.17, 15) is 8.78 Å². The Labute approximate surface area is 94.7 Å². The summed E-state index contributed by atoms with van der Waals surface area (Å²) in [5.74, 6) is -2.62. The average Bonchev–Trinajstić information content (AvgIpc) is 2.84. The minimum atomic E-state index is -2.62. The Kier molecular flexibility index (Phi) is 2.35. The molecule has 1 aliphatic rings. The Morgan fingerprint density at radius 2 is 1.75 bits per heavy atom. The lowest BCUT2D eigenvalue weighted by atomic mass is 9.70. The van der Waals surface area contributed by atoms with Crippen LogP contribution in [0, 0.1) is 5.41 Å². The molecule has 1 atom stereocenters. The van der Waals surface area contributed by atoms with Crippen LogP contribution in [0.2, 0.25) is 0 Å². The number of alkyl halides is 2. The molecule has 2 rings (SSSR count). The van der Waals surface area contributed by atoms with Crippen LogP contribution in [0.1, 0.15) is 25.8 Å². The first-order valence-electron chi connectivity index (χ1n) is 5.51. The van der Waals surface area contributed by atoms with Crippen molar-refractivity contribution in [1.82, 2.24) is 0 Å². The summed E-state index contributed by atoms with van der Waals surface area (Å²) in [4.78, 5) is 0. The van der Waals surface area contributed by atoms with E-state index in [2.05, 4.69) is 0 Å². The number of hydrogen-bond donors (Lipinski definition) is 1. The molecule has 1 saturated carbocycles. The minimum Gasteiger partial charge on any atom is -0.330 e. The Morgan fingerprint density at radius 3 is 2.12 bits per heavy atom. The fraction of sp³-hybridized carbons (Fsp3) is 0.538. The predicted octanol–water partition coefficient (Wildman–Crippen LogP) is 2.95. The van der Waals surface area contributed by atoms with Crippen LogP contribution in [0.25, 0.3) is 0 Å². The highest BCUT2D eigenvalue weighted by Crippen LogP contribution is 2.68. The van der Waals surface area contributed by atoms with Crippen molar-refractivity contribution in [3.05, 3.63) is 35.9 Å². The highest BCUT2D eigenvalue weighted by Gasteiger charge is 2.76. The van der Waals surface area contributed by atoms with E-state index in [-0.39, 0.29) is 13.0 Å². The zero-order valence-corrected chi connectivity index (χ0v) is 9.63. The maximum Gasteiger partial charge on any atom is 0.256 e. The van der Waals surface area contributed by atoms with Crippen molar-refractivity contribution < 1.29 is 8.78 Å². The van der Waals surface area contributed by atoms with Crippen LogP contribution in [0.4, 0.5) is 8.78 Å². The van der Waals surface area contributed by atoms with Gasteiger partial charge in [0.25, 0.3) is 5.92 Å². The van der Waals surface area contributed by atoms with E-state index in [0.29, 0.717) is 0 Å². The lowest BCUT2D eigenvalue weighted by Crippen LogP contribution is -2.40. The summed E-state index contributed by atoms with van der Waals surface area (Å²) in [5, 5.41) is 0. The van der Waals surface area contributed by atoms with Crippen molar-refractivity contribution in [2.45, 2.75) is 31.6 Å². The van der Waals surface area contributed by atoms with Gasteiger partial charge in [0, 0.05) is 18.4 Å². The van der Waals surface area contributed by atoms with Gasteiger partial charge in [0.15, 0.2) is 0 Å². The van der Waals surface area contributed by atoms with Gasteiger partial charge in [-0.25, -0.2) is 8.78 Å². The first kappa shape index (κ1) is 11.5. The highest BCUT2D eigenvalue weighted by molar-refractivity contribution is 5.34. The van der Waals surface area contributed by atoms with Gasteiger partial charge in [-0.2, -0.15) is 0 Å². The summed E-state index contributed by atoms with van der Waals surface area (Å²) in [6, 6.07) is 9.43. The number of rotatable bonds is 3. The first-order chi connectivity index (χ1) is 7.37. The third-order valence-electron chi connectivity index (χ3n) is 4.14. The molecule has 1 aliphatic carbocycles. The molecule has 88 valence electrons. The number of halogens is 2. The van der Waals surface area contributed by atoms with E-state index < -0.39 is 16.8 Å². The molecule has 1 unspecified atom stereocenters. The molecule has 2 N–H and O–H groups in total. The van der Waals surface area contributed by atoms with E-state index in [1.54, 1.807) is 0 Å². The van der Waals surface area contributed by atoms with Crippen LogP contribution in [0.3, 0.4) is 0 Å². The van der Waals surface area contributed by atoms with E-state index in [4.69, 9.17) is 5.73 Å². The fourth-order valence-corrected chi connectivity index (χ4v) is 2.62. The van der Waals surface area contributed by atoms with Gasteiger partial charge in [-0.15, -0.1) is 0 Å². The van der Waals surface area contributed by atoms with E-state index in [0.717, 1.165) is 5.56 Å². The molecule has 0 saturated heterocycles. The first-order valence-corrected chi connectivity index (χ1v) is 5.51. The molecule has 1 aromatic rings. The standard InChI is InChI=1S/C13H17F2N/c1-11(2,10-6-4-3-5-7-10)12(9-16)8-13(12,14)15/h3-7H,8-9,16H2,1-2H3. The van der Waals surface area contributed by atoms with E-state index in [1.807, 2.05) is 44.2 Å². The molecule has 0 spiro atoms. The third kappa shape index (κ3) is 1.31. The van der Waals surface area contributed by atoms with Crippen LogP contribution >= 0.6 is 0 Å². The summed E-state index contributed by atoms with van der Waals surface area (Å²) in [7, 11) is 0. The molecule has 0 aromatic heterocycles. The Hall–Kier alpha value is -0.960. The molecular weight excluding hydrogens is 208 g/mol. The zero-order valence-electron chi connectivity index (χ0n) is 9.63. The van der Waals surface area contributed by atoms with Gasteiger partial charge >= 0.3 is 0 Å². The van der Waals surface area contributed by atoms with Crippen molar-refractivity contribution in [1.29, 1.82) is 0 Å². The summed E-state index contributed by atoms with van der Waals surface area (Å²) < 4.78 is 27.1. The van der Waals surface area contributed by atoms with Crippen LogP contribution in [0.15, 0.2) is 30.3 Å². The summed E-state index contributed by atoms with van der Waals surface area (Å²) in [6.45, 7) is 3.74. The molecule has 0 bridgehead atoms. The van der Waals surface area contributed by atoms with Crippen molar-refractivity contribution >= 4 is 0 Å². The van der Waals surface area contributed by atoms with Crippen molar-refractivity contribution in [2.75, 3.05) is 6.54 Å². The molecule has 0 radical (unpaired) electrons. The number of hydrogen-bond acceptors (Lipinski definition) is 1. The van der Waals surface area contributed by atoms with Gasteiger partial charge in [-0.1, -0.05) is 44.2 Å². The largest absolute Gasteiger partial charge is 0.330 e. The zero-order chi connectivity index (χ0) is 12.0. The monoisotopic (exact) mass is 225 g/mol. The molecule has 0 aliphatic heterocycles. The Bertz CT molecular complexity index is 386. The SMILES string of the molecule is CC(C)(c1ccccc1)C1(CN)CC1(F)F. The van der Waals surface area contributed by atoms with Crippen molar-refractivity contribution in [3.63, 3.8) is 0 Å². The minimum absolute atomic E-state index is 0.0297. The van der Waals surface area contributed by atoms with Gasteiger partial charge in [-0.05, 0) is 5.56 Å². The van der Waals surface area contributed by atoms with Gasteiger partial charge in [0.05, 0.1) is 5.41 Å². The molecule has 1 nitrogen and oxygen atoms in total. The van der Waals surface area contributed by atoms with Gasteiger partial charge in [-0.3, -0.25) is 0 Å². The van der Waals surface area contributed by atoms with Crippen LogP contribution in [0.5, 0.6) is 0 Å². The van der Waals surface area contributed by atoms with Gasteiger partial charge in [0.2, 0.25) is 0 Å². The molecule has 1 fully saturated rings. The Morgan fingerprint density at radius 1 is 1.25 bits per heavy atom. The topological polar surface area (TPSA) is 26.0 Å². The second kappa shape index (κ2) is 3.27. The maximum absolute atomic E-state index is 13.6. The van der Waals surface area contributed by atoms with Gasteiger partial charge in [0.1, 0.15) is 0 Å². The molecule has 0 heterocycles. The smallest absolute Gasteiger partial charge is 0.256 e. The van der Waals surface area contributed by atoms with E-state index >= 15 is 0 Å². The van der Waals surface area contributed by atoms with Crippen LogP contribution in [-0.4, -0.2) is 12.5 Å². The Balaban J connectivity index is 2.41. The van der Waals surface area contributed by atoms with Crippen LogP contribution < -0.4 is 5.73 Å². The summed E-state index contributed by atoms with van der Waals surface area (Å²) in [5.41, 5.74) is 4.86. The second-order valence-electron chi connectivity index (χ2n) is 5.16. The van der Waals surface area contributed by atoms with Crippen molar-refractivity contribution in [2.24, 2.45) is 11.1 Å². The highest BCUT2D eigenvalue weighted by atomic mass is 19.3. The average molecular weight is 225 g/mol. The number of nitrogens with two attached hydrogens (primary N) is 1. The molecule has 0 amide bonds. The quantitative estimate of drug-likeness (QED) is 0.841. The van der Waals surface area contributed by atoms with Crippen molar-refractivity contribution in [3.8, 4) is 0 Å². The lowest BCUT2D eigenvalue weighted by Gasteiger charge is -2.34. The third-order valence-corrected chi connectivity index (χ3v) is 4.14.